The fourth-order valence-corrected chi connectivity index (χ4v) is 4.08. The van der Waals surface area contributed by atoms with E-state index in [2.05, 4.69) is 4.98 Å². The van der Waals surface area contributed by atoms with E-state index >= 15 is 0 Å². The van der Waals surface area contributed by atoms with Gasteiger partial charge in [-0.25, -0.2) is 8.42 Å². The Bertz CT molecular complexity index is 812. The Morgan fingerprint density at radius 2 is 1.71 bits per heavy atom. The van der Waals surface area contributed by atoms with E-state index in [4.69, 9.17) is 0 Å². The summed E-state index contributed by atoms with van der Waals surface area (Å²) >= 11 is 0. The van der Waals surface area contributed by atoms with Crippen LogP contribution >= 0.6 is 0 Å². The number of nitrogens with zero attached hydrogens (tertiary/aromatic N) is 3. The van der Waals surface area contributed by atoms with Gasteiger partial charge in [0.05, 0.1) is 10.5 Å². The molecule has 1 amide bonds. The van der Waals surface area contributed by atoms with Crippen molar-refractivity contribution in [2.75, 3.05) is 26.2 Å². The maximum absolute atomic E-state index is 12.7. The lowest BCUT2D eigenvalue weighted by atomic mass is 10.2. The molecule has 2 aromatic rings. The molecule has 3 rings (SSSR count). The van der Waals surface area contributed by atoms with Crippen LogP contribution in [0.25, 0.3) is 0 Å². The molecule has 0 aliphatic carbocycles. The molecule has 0 saturated carbocycles. The molecule has 1 aliphatic rings. The highest BCUT2D eigenvalue weighted by Gasteiger charge is 2.30. The fraction of sp³-hybridized carbons (Fsp3) is 0.294. The fourth-order valence-electron chi connectivity index (χ4n) is 2.66. The number of carbonyl (C=O) groups excluding carboxylic acids is 1. The maximum atomic E-state index is 12.7. The number of hydrogen-bond donors (Lipinski definition) is 0. The van der Waals surface area contributed by atoms with E-state index in [1.807, 2.05) is 6.92 Å². The van der Waals surface area contributed by atoms with Crippen LogP contribution in [0, 0.1) is 6.92 Å². The summed E-state index contributed by atoms with van der Waals surface area (Å²) < 4.78 is 26.8. The Morgan fingerprint density at radius 1 is 1.04 bits per heavy atom. The van der Waals surface area contributed by atoms with Crippen LogP contribution in [0.4, 0.5) is 0 Å². The Labute approximate surface area is 141 Å². The normalized spacial score (nSPS) is 16.1. The predicted octanol–water partition coefficient (Wildman–Crippen LogP) is 1.54. The molecule has 0 N–H and O–H groups in total. The molecule has 0 radical (unpaired) electrons. The van der Waals surface area contributed by atoms with Gasteiger partial charge in [-0.05, 0) is 31.2 Å². The van der Waals surface area contributed by atoms with E-state index < -0.39 is 10.0 Å². The van der Waals surface area contributed by atoms with E-state index in [0.29, 0.717) is 36.6 Å². The molecule has 1 saturated heterocycles. The van der Waals surface area contributed by atoms with Gasteiger partial charge < -0.3 is 4.90 Å². The van der Waals surface area contributed by atoms with E-state index in [-0.39, 0.29) is 5.91 Å². The van der Waals surface area contributed by atoms with Crippen molar-refractivity contribution in [1.29, 1.82) is 0 Å². The monoisotopic (exact) mass is 345 g/mol. The number of piperazine rings is 1. The molecule has 0 bridgehead atoms. The number of amides is 1. The van der Waals surface area contributed by atoms with Crippen molar-refractivity contribution >= 4 is 15.9 Å². The largest absolute Gasteiger partial charge is 0.336 e. The second-order valence-corrected chi connectivity index (χ2v) is 7.69. The molecule has 1 fully saturated rings. The molecule has 1 aromatic carbocycles. The molecule has 6 nitrogen and oxygen atoms in total. The minimum Gasteiger partial charge on any atom is -0.336 e. The molecule has 0 unspecified atom stereocenters. The van der Waals surface area contributed by atoms with Crippen LogP contribution in [-0.4, -0.2) is 54.7 Å². The number of carbonyl (C=O) groups is 1. The van der Waals surface area contributed by atoms with Gasteiger partial charge in [0.15, 0.2) is 0 Å². The predicted molar refractivity (Wildman–Crippen MR) is 90.1 cm³/mol. The van der Waals surface area contributed by atoms with E-state index in [0.717, 1.165) is 5.56 Å². The number of sulfonamides is 1. The molecule has 7 heteroatoms. The van der Waals surface area contributed by atoms with Crippen molar-refractivity contribution in [3.63, 3.8) is 0 Å². The van der Waals surface area contributed by atoms with Crippen LogP contribution in [0.3, 0.4) is 0 Å². The van der Waals surface area contributed by atoms with Crippen LogP contribution in [0.15, 0.2) is 53.7 Å². The zero-order valence-electron chi connectivity index (χ0n) is 13.4. The SMILES string of the molecule is Cc1ccc(S(=O)(=O)N2CCN(C(=O)c3cccnc3)CC2)cc1. The van der Waals surface area contributed by atoms with Crippen LogP contribution in [-0.2, 0) is 10.0 Å². The Hall–Kier alpha value is -2.25. The summed E-state index contributed by atoms with van der Waals surface area (Å²) in [5.74, 6) is -0.115. The first-order valence-electron chi connectivity index (χ1n) is 7.74. The number of aryl methyl sites for hydroxylation is 1. The van der Waals surface area contributed by atoms with Crippen LogP contribution in [0.2, 0.25) is 0 Å². The molecule has 126 valence electrons. The van der Waals surface area contributed by atoms with Crippen molar-refractivity contribution < 1.29 is 13.2 Å². The van der Waals surface area contributed by atoms with Gasteiger partial charge in [0.25, 0.3) is 5.91 Å². The minimum atomic E-state index is -3.51. The quantitative estimate of drug-likeness (QED) is 0.846. The molecule has 2 heterocycles. The Kier molecular flexibility index (Phi) is 4.64. The third-order valence-electron chi connectivity index (χ3n) is 4.09. The highest BCUT2D eigenvalue weighted by atomic mass is 32.2. The second-order valence-electron chi connectivity index (χ2n) is 5.75. The van der Waals surface area contributed by atoms with Crippen molar-refractivity contribution in [3.05, 3.63) is 59.9 Å². The first-order valence-corrected chi connectivity index (χ1v) is 9.18. The molecule has 1 aromatic heterocycles. The van der Waals surface area contributed by atoms with Gasteiger partial charge in [0, 0.05) is 38.6 Å². The smallest absolute Gasteiger partial charge is 0.255 e. The molecule has 0 atom stereocenters. The molecular formula is C17H19N3O3S. The van der Waals surface area contributed by atoms with Gasteiger partial charge in [-0.2, -0.15) is 4.31 Å². The number of aromatic nitrogens is 1. The standard InChI is InChI=1S/C17H19N3O3S/c1-14-4-6-16(7-5-14)24(22,23)20-11-9-19(10-12-20)17(21)15-3-2-8-18-13-15/h2-8,13H,9-12H2,1H3. The average molecular weight is 345 g/mol. The zero-order valence-corrected chi connectivity index (χ0v) is 14.2. The number of pyridine rings is 1. The molecule has 0 spiro atoms. The highest BCUT2D eigenvalue weighted by molar-refractivity contribution is 7.89. The first-order chi connectivity index (χ1) is 11.5. The van der Waals surface area contributed by atoms with Gasteiger partial charge in [-0.1, -0.05) is 17.7 Å². The van der Waals surface area contributed by atoms with Crippen LogP contribution in [0.1, 0.15) is 15.9 Å². The topological polar surface area (TPSA) is 70.6 Å². The Balaban J connectivity index is 1.68. The first kappa shape index (κ1) is 16.6. The third kappa shape index (κ3) is 3.32. The highest BCUT2D eigenvalue weighted by Crippen LogP contribution is 2.18. The second kappa shape index (κ2) is 6.70. The summed E-state index contributed by atoms with van der Waals surface area (Å²) in [6.45, 7) is 3.25. The lowest BCUT2D eigenvalue weighted by molar-refractivity contribution is 0.0697. The lowest BCUT2D eigenvalue weighted by Gasteiger charge is -2.34. The molecular weight excluding hydrogens is 326 g/mol. The molecule has 1 aliphatic heterocycles. The summed E-state index contributed by atoms with van der Waals surface area (Å²) in [5, 5.41) is 0. The van der Waals surface area contributed by atoms with E-state index in [9.17, 15) is 13.2 Å². The van der Waals surface area contributed by atoms with Crippen LogP contribution in [0.5, 0.6) is 0 Å². The minimum absolute atomic E-state index is 0.115. The van der Waals surface area contributed by atoms with Gasteiger partial charge >= 0.3 is 0 Å². The zero-order chi connectivity index (χ0) is 17.2. The summed E-state index contributed by atoms with van der Waals surface area (Å²) in [5.41, 5.74) is 1.54. The van der Waals surface area contributed by atoms with E-state index in [1.54, 1.807) is 47.5 Å². The van der Waals surface area contributed by atoms with Crippen LogP contribution < -0.4 is 0 Å². The van der Waals surface area contributed by atoms with Gasteiger partial charge in [0.2, 0.25) is 10.0 Å². The molecule has 24 heavy (non-hydrogen) atoms. The van der Waals surface area contributed by atoms with Crippen molar-refractivity contribution in [2.24, 2.45) is 0 Å². The van der Waals surface area contributed by atoms with Gasteiger partial charge in [-0.3, -0.25) is 9.78 Å². The summed E-state index contributed by atoms with van der Waals surface area (Å²) in [6.07, 6.45) is 3.14. The summed E-state index contributed by atoms with van der Waals surface area (Å²) in [4.78, 5) is 18.3. The van der Waals surface area contributed by atoms with Gasteiger partial charge in [0.1, 0.15) is 0 Å². The van der Waals surface area contributed by atoms with Gasteiger partial charge in [-0.15, -0.1) is 0 Å². The van der Waals surface area contributed by atoms with Crippen molar-refractivity contribution in [2.45, 2.75) is 11.8 Å². The average Bonchev–Trinajstić information content (AvgIpc) is 2.62. The summed E-state index contributed by atoms with van der Waals surface area (Å²) in [6, 6.07) is 10.2. The third-order valence-corrected chi connectivity index (χ3v) is 6.01. The maximum Gasteiger partial charge on any atom is 0.255 e. The number of rotatable bonds is 3. The van der Waals surface area contributed by atoms with Crippen molar-refractivity contribution in [3.8, 4) is 0 Å². The number of benzene rings is 1. The van der Waals surface area contributed by atoms with Crippen molar-refractivity contribution in [1.82, 2.24) is 14.2 Å². The Morgan fingerprint density at radius 3 is 2.29 bits per heavy atom. The lowest BCUT2D eigenvalue weighted by Crippen LogP contribution is -2.50. The number of hydrogen-bond acceptors (Lipinski definition) is 4. The van der Waals surface area contributed by atoms with E-state index in [1.165, 1.54) is 10.5 Å². The summed E-state index contributed by atoms with van der Waals surface area (Å²) in [7, 11) is -3.51.